The highest BCUT2D eigenvalue weighted by molar-refractivity contribution is 5.97. The van der Waals surface area contributed by atoms with Crippen LogP contribution in [-0.4, -0.2) is 36.4 Å². The lowest BCUT2D eigenvalue weighted by Crippen LogP contribution is -2.42. The Morgan fingerprint density at radius 1 is 1.19 bits per heavy atom. The number of nitrogens with two attached hydrogens (primary N) is 2. The van der Waals surface area contributed by atoms with Crippen molar-refractivity contribution >= 4 is 18.3 Å². The van der Waals surface area contributed by atoms with Gasteiger partial charge in [0.05, 0.1) is 12.9 Å². The van der Waals surface area contributed by atoms with E-state index >= 15 is 0 Å². The second-order valence-corrected chi connectivity index (χ2v) is 4.42. The summed E-state index contributed by atoms with van der Waals surface area (Å²) in [6.07, 6.45) is 5.40. The topological polar surface area (TPSA) is 104 Å². The van der Waals surface area contributed by atoms with Crippen molar-refractivity contribution in [2.45, 2.75) is 6.54 Å². The maximum atomic E-state index is 5.76. The summed E-state index contributed by atoms with van der Waals surface area (Å²) in [5, 5.41) is 2.76. The van der Waals surface area contributed by atoms with Crippen LogP contribution in [0.15, 0.2) is 57.6 Å². The number of nitrogens with zero attached hydrogens (tertiary/aromatic N) is 4. The summed E-state index contributed by atoms with van der Waals surface area (Å²) in [7, 11) is 0. The summed E-state index contributed by atoms with van der Waals surface area (Å²) >= 11 is 0. The Balaban J connectivity index is 1.79. The molecule has 0 aliphatic carbocycles. The largest absolute Gasteiger partial charge is 0.370 e. The molecule has 0 unspecified atom stereocenters. The Labute approximate surface area is 123 Å². The van der Waals surface area contributed by atoms with Crippen LogP contribution in [0.5, 0.6) is 0 Å². The third-order valence-corrected chi connectivity index (χ3v) is 2.72. The number of guanidine groups is 2. The summed E-state index contributed by atoms with van der Waals surface area (Å²) in [6.45, 7) is 1.67. The van der Waals surface area contributed by atoms with Crippen molar-refractivity contribution in [1.82, 2.24) is 10.2 Å². The summed E-state index contributed by atoms with van der Waals surface area (Å²) in [5.74, 6) is 0.472. The van der Waals surface area contributed by atoms with Gasteiger partial charge in [0.2, 0.25) is 0 Å². The number of aliphatic imine (C=N–C) groups is 3. The molecule has 5 N–H and O–H groups in total. The minimum absolute atomic E-state index is 0.229. The van der Waals surface area contributed by atoms with Crippen LogP contribution in [0.4, 0.5) is 0 Å². The van der Waals surface area contributed by atoms with Crippen molar-refractivity contribution in [2.24, 2.45) is 26.4 Å². The van der Waals surface area contributed by atoms with Gasteiger partial charge in [0.1, 0.15) is 6.67 Å². The lowest BCUT2D eigenvalue weighted by Gasteiger charge is -2.16. The average Bonchev–Trinajstić information content (AvgIpc) is 2.53. The lowest BCUT2D eigenvalue weighted by atomic mass is 10.2. The molecule has 110 valence electrons. The monoisotopic (exact) mass is 285 g/mol. The highest BCUT2D eigenvalue weighted by Crippen LogP contribution is 1.99. The van der Waals surface area contributed by atoms with Crippen LogP contribution in [0, 0.1) is 0 Å². The summed E-state index contributed by atoms with van der Waals surface area (Å²) in [4.78, 5) is 14.3. The molecular weight excluding hydrogens is 266 g/mol. The molecule has 0 bridgehead atoms. The predicted molar refractivity (Wildman–Crippen MR) is 85.7 cm³/mol. The number of hydrogen-bond acceptors (Lipinski definition) is 4. The van der Waals surface area contributed by atoms with Crippen LogP contribution in [0.1, 0.15) is 5.56 Å². The quantitative estimate of drug-likeness (QED) is 0.543. The molecule has 0 saturated heterocycles. The molecule has 21 heavy (non-hydrogen) atoms. The molecule has 0 spiro atoms. The SMILES string of the molecule is NC(=NCc1ccccc1)NC(N)=NCN1C=NC=CC1. The Bertz CT molecular complexity index is 560. The van der Waals surface area contributed by atoms with Gasteiger partial charge in [-0.15, -0.1) is 0 Å². The number of hydrogen-bond donors (Lipinski definition) is 3. The predicted octanol–water partition coefficient (Wildman–Crippen LogP) is 0.221. The molecule has 1 aliphatic rings. The zero-order valence-corrected chi connectivity index (χ0v) is 11.7. The van der Waals surface area contributed by atoms with Gasteiger partial charge in [-0.2, -0.15) is 0 Å². The van der Waals surface area contributed by atoms with Crippen LogP contribution in [-0.2, 0) is 6.54 Å². The van der Waals surface area contributed by atoms with E-state index in [9.17, 15) is 0 Å². The zero-order valence-electron chi connectivity index (χ0n) is 11.7. The third-order valence-electron chi connectivity index (χ3n) is 2.72. The van der Waals surface area contributed by atoms with Gasteiger partial charge in [-0.1, -0.05) is 30.3 Å². The molecule has 1 aromatic rings. The highest BCUT2D eigenvalue weighted by atomic mass is 15.3. The summed E-state index contributed by atoms with van der Waals surface area (Å²) in [6, 6.07) is 9.84. The first-order chi connectivity index (χ1) is 10.2. The number of rotatable bonds is 4. The van der Waals surface area contributed by atoms with Gasteiger partial charge in [-0.25, -0.2) is 15.0 Å². The summed E-state index contributed by atoms with van der Waals surface area (Å²) in [5.41, 5.74) is 12.6. The first-order valence-corrected chi connectivity index (χ1v) is 6.57. The fraction of sp³-hybridized carbons (Fsp3) is 0.214. The van der Waals surface area contributed by atoms with Crippen molar-refractivity contribution in [3.63, 3.8) is 0 Å². The smallest absolute Gasteiger partial charge is 0.197 e. The van der Waals surface area contributed by atoms with Crippen LogP contribution in [0.25, 0.3) is 0 Å². The van der Waals surface area contributed by atoms with Crippen molar-refractivity contribution < 1.29 is 0 Å². The van der Waals surface area contributed by atoms with Gasteiger partial charge in [0.15, 0.2) is 11.9 Å². The molecule has 2 rings (SSSR count). The van der Waals surface area contributed by atoms with Gasteiger partial charge < -0.3 is 16.4 Å². The fourth-order valence-electron chi connectivity index (χ4n) is 1.65. The van der Waals surface area contributed by atoms with E-state index in [0.717, 1.165) is 12.1 Å². The number of nitrogens with one attached hydrogen (secondary N) is 1. The molecule has 0 radical (unpaired) electrons. The van der Waals surface area contributed by atoms with Gasteiger partial charge >= 0.3 is 0 Å². The van der Waals surface area contributed by atoms with E-state index in [1.165, 1.54) is 0 Å². The first kappa shape index (κ1) is 14.6. The average molecular weight is 285 g/mol. The Morgan fingerprint density at radius 2 is 1.95 bits per heavy atom. The van der Waals surface area contributed by atoms with E-state index in [-0.39, 0.29) is 11.9 Å². The van der Waals surface area contributed by atoms with Crippen LogP contribution < -0.4 is 16.8 Å². The molecule has 0 amide bonds. The van der Waals surface area contributed by atoms with E-state index in [0.29, 0.717) is 13.2 Å². The Morgan fingerprint density at radius 3 is 2.67 bits per heavy atom. The minimum atomic E-state index is 0.229. The molecule has 0 saturated carbocycles. The fourth-order valence-corrected chi connectivity index (χ4v) is 1.65. The van der Waals surface area contributed by atoms with Crippen LogP contribution in [0.3, 0.4) is 0 Å². The number of benzene rings is 1. The molecule has 1 aromatic carbocycles. The molecule has 7 nitrogen and oxygen atoms in total. The van der Waals surface area contributed by atoms with Crippen molar-refractivity contribution in [2.75, 3.05) is 13.2 Å². The van der Waals surface area contributed by atoms with E-state index < -0.39 is 0 Å². The molecule has 1 heterocycles. The van der Waals surface area contributed by atoms with Crippen molar-refractivity contribution in [3.8, 4) is 0 Å². The molecule has 1 aliphatic heterocycles. The summed E-state index contributed by atoms with van der Waals surface area (Å²) < 4.78 is 0. The third kappa shape index (κ3) is 5.35. The highest BCUT2D eigenvalue weighted by Gasteiger charge is 2.00. The van der Waals surface area contributed by atoms with E-state index in [4.69, 9.17) is 11.5 Å². The van der Waals surface area contributed by atoms with Gasteiger partial charge in [-0.05, 0) is 11.6 Å². The second kappa shape index (κ2) is 7.68. The van der Waals surface area contributed by atoms with Gasteiger partial charge in [0.25, 0.3) is 0 Å². The van der Waals surface area contributed by atoms with E-state index in [1.54, 1.807) is 12.5 Å². The second-order valence-electron chi connectivity index (χ2n) is 4.42. The maximum Gasteiger partial charge on any atom is 0.197 e. The van der Waals surface area contributed by atoms with Gasteiger partial charge in [0, 0.05) is 12.7 Å². The molecular formula is C14H19N7. The van der Waals surface area contributed by atoms with Crippen molar-refractivity contribution in [3.05, 3.63) is 48.2 Å². The van der Waals surface area contributed by atoms with Crippen molar-refractivity contribution in [1.29, 1.82) is 0 Å². The Kier molecular flexibility index (Phi) is 5.33. The molecule has 7 heteroatoms. The first-order valence-electron chi connectivity index (χ1n) is 6.57. The minimum Gasteiger partial charge on any atom is -0.370 e. The normalized spacial score (nSPS) is 15.3. The van der Waals surface area contributed by atoms with Gasteiger partial charge in [-0.3, -0.25) is 5.32 Å². The zero-order chi connectivity index (χ0) is 14.9. The maximum absolute atomic E-state index is 5.76. The standard InChI is InChI=1S/C14H19N7/c15-13(18-9-12-5-2-1-3-6-12)20-14(16)19-11-21-8-4-7-17-10-21/h1-7,10H,8-9,11H2,(H5,15,16,18,19,20). The van der Waals surface area contributed by atoms with E-state index in [1.807, 2.05) is 41.3 Å². The lowest BCUT2D eigenvalue weighted by molar-refractivity contribution is 0.486. The molecule has 0 atom stereocenters. The van der Waals surface area contributed by atoms with Crippen LogP contribution >= 0.6 is 0 Å². The molecule has 0 aromatic heterocycles. The van der Waals surface area contributed by atoms with E-state index in [2.05, 4.69) is 20.3 Å². The molecule has 0 fully saturated rings. The Hall–Kier alpha value is -2.83. The van der Waals surface area contributed by atoms with Crippen LogP contribution in [0.2, 0.25) is 0 Å².